The van der Waals surface area contributed by atoms with Gasteiger partial charge in [0.05, 0.1) is 12.2 Å². The van der Waals surface area contributed by atoms with Gasteiger partial charge in [-0.15, -0.1) is 0 Å². The van der Waals surface area contributed by atoms with E-state index in [1.54, 1.807) is 0 Å². The summed E-state index contributed by atoms with van der Waals surface area (Å²) in [7, 11) is 0. The van der Waals surface area contributed by atoms with Crippen molar-refractivity contribution in [3.05, 3.63) is 12.2 Å². The Kier molecular flexibility index (Phi) is 3.47. The lowest BCUT2D eigenvalue weighted by molar-refractivity contribution is -0.304. The number of hydrogen-bond donors (Lipinski definition) is 0. The summed E-state index contributed by atoms with van der Waals surface area (Å²) in [5.74, 6) is -0.250. The van der Waals surface area contributed by atoms with E-state index in [0.717, 1.165) is 19.3 Å². The third kappa shape index (κ3) is 2.61. The van der Waals surface area contributed by atoms with Crippen molar-refractivity contribution in [1.29, 1.82) is 0 Å². The molecule has 2 aliphatic rings. The minimum Gasteiger partial charge on any atom is -0.347 e. The first kappa shape index (κ1) is 11.2. The minimum absolute atomic E-state index is 0.250. The van der Waals surface area contributed by atoms with Crippen LogP contribution in [-0.2, 0) is 9.47 Å². The molecule has 2 rings (SSSR count). The van der Waals surface area contributed by atoms with Crippen LogP contribution in [0.2, 0.25) is 0 Å². The molecule has 2 fully saturated rings. The van der Waals surface area contributed by atoms with E-state index in [1.165, 1.54) is 19.3 Å². The van der Waals surface area contributed by atoms with Gasteiger partial charge in [0.25, 0.3) is 0 Å². The predicted octanol–water partition coefficient (Wildman–Crippen LogP) is 3.42. The van der Waals surface area contributed by atoms with Crippen molar-refractivity contribution < 1.29 is 9.47 Å². The van der Waals surface area contributed by atoms with Crippen LogP contribution in [0.4, 0.5) is 0 Å². The van der Waals surface area contributed by atoms with E-state index in [-0.39, 0.29) is 11.9 Å². The van der Waals surface area contributed by atoms with Gasteiger partial charge in [-0.25, -0.2) is 0 Å². The van der Waals surface area contributed by atoms with Crippen LogP contribution < -0.4 is 0 Å². The zero-order valence-corrected chi connectivity index (χ0v) is 9.87. The van der Waals surface area contributed by atoms with Gasteiger partial charge >= 0.3 is 0 Å². The van der Waals surface area contributed by atoms with Crippen molar-refractivity contribution in [3.8, 4) is 0 Å². The highest BCUT2D eigenvalue weighted by molar-refractivity contribution is 4.92. The highest BCUT2D eigenvalue weighted by atomic mass is 16.7. The molecule has 3 unspecified atom stereocenters. The molecule has 2 saturated heterocycles. The van der Waals surface area contributed by atoms with Crippen molar-refractivity contribution >= 4 is 0 Å². The minimum atomic E-state index is -0.250. The van der Waals surface area contributed by atoms with E-state index >= 15 is 0 Å². The molecule has 0 radical (unpaired) electrons. The number of allylic oxidation sites excluding steroid dienone is 1. The van der Waals surface area contributed by atoms with Crippen LogP contribution in [0, 0.1) is 0 Å². The molecule has 0 saturated carbocycles. The quantitative estimate of drug-likeness (QED) is 0.617. The smallest absolute Gasteiger partial charge is 0.169 e. The van der Waals surface area contributed by atoms with Crippen LogP contribution in [0.25, 0.3) is 0 Å². The third-order valence-corrected chi connectivity index (χ3v) is 3.40. The SMILES string of the molecule is C/C=C/C1CCCC2(CCCC(C)O2)O1. The molecular formula is C13H22O2. The molecule has 1 spiro atoms. The molecule has 15 heavy (non-hydrogen) atoms. The Morgan fingerprint density at radius 1 is 1.13 bits per heavy atom. The van der Waals surface area contributed by atoms with E-state index in [9.17, 15) is 0 Å². The fraction of sp³-hybridized carbons (Fsp3) is 0.846. The molecule has 0 N–H and O–H groups in total. The van der Waals surface area contributed by atoms with Gasteiger partial charge in [-0.05, 0) is 39.5 Å². The van der Waals surface area contributed by atoms with Crippen molar-refractivity contribution in [2.75, 3.05) is 0 Å². The van der Waals surface area contributed by atoms with Crippen molar-refractivity contribution in [2.24, 2.45) is 0 Å². The average molecular weight is 210 g/mol. The maximum absolute atomic E-state index is 6.12. The Balaban J connectivity index is 2.00. The van der Waals surface area contributed by atoms with Gasteiger partial charge in [0.15, 0.2) is 5.79 Å². The lowest BCUT2D eigenvalue weighted by atomic mass is 9.93. The van der Waals surface area contributed by atoms with Gasteiger partial charge in [-0.3, -0.25) is 0 Å². The van der Waals surface area contributed by atoms with Crippen LogP contribution in [0.1, 0.15) is 52.4 Å². The summed E-state index contributed by atoms with van der Waals surface area (Å²) in [5.41, 5.74) is 0. The fourth-order valence-electron chi connectivity index (χ4n) is 2.73. The Hall–Kier alpha value is -0.340. The predicted molar refractivity (Wildman–Crippen MR) is 60.7 cm³/mol. The molecule has 0 amide bonds. The summed E-state index contributed by atoms with van der Waals surface area (Å²) >= 11 is 0. The second-order valence-corrected chi connectivity index (χ2v) is 4.81. The van der Waals surface area contributed by atoms with Gasteiger partial charge in [0, 0.05) is 12.8 Å². The lowest BCUT2D eigenvalue weighted by Crippen LogP contribution is -2.47. The van der Waals surface area contributed by atoms with E-state index < -0.39 is 0 Å². The molecule has 0 aromatic carbocycles. The van der Waals surface area contributed by atoms with Gasteiger partial charge in [-0.2, -0.15) is 0 Å². The molecule has 0 aliphatic carbocycles. The largest absolute Gasteiger partial charge is 0.347 e. The maximum Gasteiger partial charge on any atom is 0.169 e. The monoisotopic (exact) mass is 210 g/mol. The average Bonchev–Trinajstić information content (AvgIpc) is 2.17. The molecule has 2 nitrogen and oxygen atoms in total. The molecule has 86 valence electrons. The Labute approximate surface area is 92.6 Å². The summed E-state index contributed by atoms with van der Waals surface area (Å²) in [6, 6.07) is 0. The van der Waals surface area contributed by atoms with E-state index in [2.05, 4.69) is 26.0 Å². The number of hydrogen-bond acceptors (Lipinski definition) is 2. The second kappa shape index (κ2) is 4.67. The lowest BCUT2D eigenvalue weighted by Gasteiger charge is -2.44. The zero-order chi connectivity index (χ0) is 10.7. The summed E-state index contributed by atoms with van der Waals surface area (Å²) in [5, 5.41) is 0. The molecule has 2 aliphatic heterocycles. The summed E-state index contributed by atoms with van der Waals surface area (Å²) in [4.78, 5) is 0. The van der Waals surface area contributed by atoms with Crippen LogP contribution >= 0.6 is 0 Å². The second-order valence-electron chi connectivity index (χ2n) is 4.81. The Morgan fingerprint density at radius 3 is 2.53 bits per heavy atom. The summed E-state index contributed by atoms with van der Waals surface area (Å²) < 4.78 is 12.2. The highest BCUT2D eigenvalue weighted by Crippen LogP contribution is 2.39. The van der Waals surface area contributed by atoms with Crippen LogP contribution in [-0.4, -0.2) is 18.0 Å². The first-order valence-electron chi connectivity index (χ1n) is 6.22. The highest BCUT2D eigenvalue weighted by Gasteiger charge is 2.40. The molecule has 0 aromatic heterocycles. The molecule has 2 heteroatoms. The molecule has 0 bridgehead atoms. The van der Waals surface area contributed by atoms with E-state index in [4.69, 9.17) is 9.47 Å². The fourth-order valence-corrected chi connectivity index (χ4v) is 2.73. The molecule has 2 heterocycles. The molecule has 0 aromatic rings. The topological polar surface area (TPSA) is 18.5 Å². The molecule has 3 atom stereocenters. The normalized spacial score (nSPS) is 42.5. The summed E-state index contributed by atoms with van der Waals surface area (Å²) in [6.45, 7) is 4.21. The third-order valence-electron chi connectivity index (χ3n) is 3.40. The molecular weight excluding hydrogens is 188 g/mol. The van der Waals surface area contributed by atoms with Gasteiger partial charge in [0.2, 0.25) is 0 Å². The van der Waals surface area contributed by atoms with Gasteiger partial charge < -0.3 is 9.47 Å². The zero-order valence-electron chi connectivity index (χ0n) is 9.87. The number of ether oxygens (including phenoxy) is 2. The van der Waals surface area contributed by atoms with Gasteiger partial charge in [0.1, 0.15) is 0 Å². The first-order chi connectivity index (χ1) is 7.24. The van der Waals surface area contributed by atoms with E-state index in [0.29, 0.717) is 6.10 Å². The van der Waals surface area contributed by atoms with Crippen molar-refractivity contribution in [1.82, 2.24) is 0 Å². The van der Waals surface area contributed by atoms with Crippen LogP contribution in [0.15, 0.2) is 12.2 Å². The number of rotatable bonds is 1. The van der Waals surface area contributed by atoms with Crippen molar-refractivity contribution in [2.45, 2.75) is 70.4 Å². The van der Waals surface area contributed by atoms with Crippen molar-refractivity contribution in [3.63, 3.8) is 0 Å². The van der Waals surface area contributed by atoms with Crippen LogP contribution in [0.5, 0.6) is 0 Å². The Bertz CT molecular complexity index is 233. The summed E-state index contributed by atoms with van der Waals surface area (Å²) in [6.07, 6.45) is 11.8. The van der Waals surface area contributed by atoms with Gasteiger partial charge in [-0.1, -0.05) is 12.2 Å². The maximum atomic E-state index is 6.12. The van der Waals surface area contributed by atoms with Crippen LogP contribution in [0.3, 0.4) is 0 Å². The first-order valence-corrected chi connectivity index (χ1v) is 6.22. The standard InChI is InChI=1S/C13H22O2/c1-3-6-12-8-5-10-13(15-12)9-4-7-11(2)14-13/h3,6,11-12H,4-5,7-10H2,1-2H3/b6-3+. The Morgan fingerprint density at radius 2 is 1.87 bits per heavy atom. The van der Waals surface area contributed by atoms with E-state index in [1.807, 2.05) is 0 Å².